The van der Waals surface area contributed by atoms with E-state index in [4.69, 9.17) is 14.7 Å². The minimum Gasteiger partial charge on any atom is -0.385 e. The molecule has 5 rings (SSSR count). The third-order valence-electron chi connectivity index (χ3n) is 7.43. The summed E-state index contributed by atoms with van der Waals surface area (Å²) in [6.45, 7) is 5.48. The summed E-state index contributed by atoms with van der Waals surface area (Å²) in [6.07, 6.45) is 1.91. The van der Waals surface area contributed by atoms with Gasteiger partial charge in [0.25, 0.3) is 5.91 Å². The number of fused-ring (bicyclic) bond motifs is 1. The van der Waals surface area contributed by atoms with Gasteiger partial charge >= 0.3 is 6.03 Å². The normalized spacial score (nSPS) is 18.1. The van der Waals surface area contributed by atoms with Gasteiger partial charge in [-0.3, -0.25) is 14.6 Å². The molecule has 2 saturated heterocycles. The number of aryl methyl sites for hydroxylation is 1. The van der Waals surface area contributed by atoms with Crippen molar-refractivity contribution in [3.8, 4) is 0 Å². The fraction of sp³-hybridized carbons (Fsp3) is 0.429. The number of amides is 3. The molecule has 1 aromatic heterocycles. The van der Waals surface area contributed by atoms with Crippen molar-refractivity contribution in [3.63, 3.8) is 0 Å². The summed E-state index contributed by atoms with van der Waals surface area (Å²) < 4.78 is 5.23. The summed E-state index contributed by atoms with van der Waals surface area (Å²) in [5, 5.41) is 0. The SMILES string of the molecule is COCCCN1C(=O)N(Cc2ccccc2)C(=O)C12CCN(Cc1nc3ccccc3nc1C)CC2. The van der Waals surface area contributed by atoms with Crippen LogP contribution in [0.5, 0.6) is 0 Å². The van der Waals surface area contributed by atoms with Gasteiger partial charge in [-0.05, 0) is 43.9 Å². The summed E-state index contributed by atoms with van der Waals surface area (Å²) in [5.74, 6) is -0.0740. The maximum absolute atomic E-state index is 13.8. The Bertz CT molecular complexity index is 1240. The number of carbonyl (C=O) groups is 2. The number of likely N-dealkylation sites (tertiary alicyclic amines) is 1. The molecule has 36 heavy (non-hydrogen) atoms. The number of piperidine rings is 1. The van der Waals surface area contributed by atoms with Gasteiger partial charge in [0, 0.05) is 39.9 Å². The Morgan fingerprint density at radius 3 is 2.28 bits per heavy atom. The van der Waals surface area contributed by atoms with Crippen molar-refractivity contribution in [2.45, 2.75) is 44.8 Å². The highest BCUT2D eigenvalue weighted by Crippen LogP contribution is 2.38. The van der Waals surface area contributed by atoms with Crippen LogP contribution in [0.25, 0.3) is 11.0 Å². The maximum Gasteiger partial charge on any atom is 0.327 e. The summed E-state index contributed by atoms with van der Waals surface area (Å²) in [7, 11) is 1.66. The van der Waals surface area contributed by atoms with Gasteiger partial charge in [0.05, 0.1) is 29.0 Å². The van der Waals surface area contributed by atoms with Crippen molar-refractivity contribution in [3.05, 3.63) is 71.5 Å². The van der Waals surface area contributed by atoms with Gasteiger partial charge in [-0.25, -0.2) is 14.8 Å². The number of methoxy groups -OCH3 is 1. The molecule has 0 bridgehead atoms. The molecule has 0 unspecified atom stereocenters. The highest BCUT2D eigenvalue weighted by molar-refractivity contribution is 6.07. The number of hydrogen-bond acceptors (Lipinski definition) is 6. The Kier molecular flexibility index (Phi) is 6.98. The summed E-state index contributed by atoms with van der Waals surface area (Å²) in [4.78, 5) is 42.4. The van der Waals surface area contributed by atoms with Gasteiger partial charge in [-0.1, -0.05) is 42.5 Å². The minimum atomic E-state index is -0.791. The van der Waals surface area contributed by atoms with Crippen LogP contribution >= 0.6 is 0 Å². The number of hydrogen-bond donors (Lipinski definition) is 0. The Morgan fingerprint density at radius 1 is 0.917 bits per heavy atom. The van der Waals surface area contributed by atoms with Gasteiger partial charge in [0.2, 0.25) is 0 Å². The van der Waals surface area contributed by atoms with Crippen molar-refractivity contribution < 1.29 is 14.3 Å². The number of nitrogens with zero attached hydrogens (tertiary/aromatic N) is 5. The van der Waals surface area contributed by atoms with Gasteiger partial charge < -0.3 is 9.64 Å². The van der Waals surface area contributed by atoms with Crippen LogP contribution in [0.3, 0.4) is 0 Å². The van der Waals surface area contributed by atoms with Gasteiger partial charge in [0.15, 0.2) is 0 Å². The van der Waals surface area contributed by atoms with Crippen molar-refractivity contribution >= 4 is 23.0 Å². The van der Waals surface area contributed by atoms with Crippen LogP contribution in [0.1, 0.15) is 36.2 Å². The molecule has 8 nitrogen and oxygen atoms in total. The molecule has 0 atom stereocenters. The highest BCUT2D eigenvalue weighted by Gasteiger charge is 2.57. The van der Waals surface area contributed by atoms with Gasteiger partial charge in [-0.15, -0.1) is 0 Å². The zero-order chi connectivity index (χ0) is 25.1. The average molecular weight is 488 g/mol. The monoisotopic (exact) mass is 487 g/mol. The van der Waals surface area contributed by atoms with E-state index in [1.54, 1.807) is 7.11 Å². The molecule has 3 aromatic rings. The third-order valence-corrected chi connectivity index (χ3v) is 7.43. The number of ether oxygens (including phenoxy) is 1. The van der Waals surface area contributed by atoms with Crippen molar-refractivity contribution in [2.24, 2.45) is 0 Å². The molecule has 0 aliphatic carbocycles. The second-order valence-electron chi connectivity index (χ2n) is 9.71. The molecule has 3 amide bonds. The van der Waals surface area contributed by atoms with E-state index < -0.39 is 5.54 Å². The van der Waals surface area contributed by atoms with Crippen molar-refractivity contribution in [1.82, 2.24) is 24.7 Å². The van der Waals surface area contributed by atoms with Gasteiger partial charge in [0.1, 0.15) is 5.54 Å². The molecule has 0 N–H and O–H groups in total. The molecule has 2 fully saturated rings. The molecule has 188 valence electrons. The largest absolute Gasteiger partial charge is 0.385 e. The summed E-state index contributed by atoms with van der Waals surface area (Å²) >= 11 is 0. The first-order valence-corrected chi connectivity index (χ1v) is 12.6. The molecular formula is C28H33N5O3. The molecule has 8 heteroatoms. The first-order chi connectivity index (χ1) is 17.5. The number of para-hydroxylation sites is 2. The number of aromatic nitrogens is 2. The van der Waals surface area contributed by atoms with E-state index in [1.165, 1.54) is 4.90 Å². The fourth-order valence-corrected chi connectivity index (χ4v) is 5.42. The lowest BCUT2D eigenvalue weighted by atomic mass is 9.85. The van der Waals surface area contributed by atoms with E-state index in [1.807, 2.05) is 66.4 Å². The number of imide groups is 1. The van der Waals surface area contributed by atoms with Crippen molar-refractivity contribution in [2.75, 3.05) is 33.4 Å². The zero-order valence-corrected chi connectivity index (χ0v) is 21.0. The number of rotatable bonds is 8. The van der Waals surface area contributed by atoms with Crippen molar-refractivity contribution in [1.29, 1.82) is 0 Å². The molecule has 2 aliphatic heterocycles. The number of urea groups is 1. The van der Waals surface area contributed by atoms with E-state index in [0.717, 1.165) is 28.0 Å². The second-order valence-corrected chi connectivity index (χ2v) is 9.71. The minimum absolute atomic E-state index is 0.0740. The molecule has 3 heterocycles. The maximum atomic E-state index is 13.8. The molecule has 0 saturated carbocycles. The Balaban J connectivity index is 1.33. The molecule has 0 radical (unpaired) electrons. The molecular weight excluding hydrogens is 454 g/mol. The predicted octanol–water partition coefficient (Wildman–Crippen LogP) is 3.77. The predicted molar refractivity (Wildman–Crippen MR) is 137 cm³/mol. The lowest BCUT2D eigenvalue weighted by Gasteiger charge is -2.42. The topological polar surface area (TPSA) is 78.9 Å². The molecule has 2 aliphatic rings. The average Bonchev–Trinajstić information content (AvgIpc) is 3.08. The van der Waals surface area contributed by atoms with E-state index in [0.29, 0.717) is 58.6 Å². The van der Waals surface area contributed by atoms with Crippen LogP contribution in [0.4, 0.5) is 4.79 Å². The first kappa shape index (κ1) is 24.3. The number of benzene rings is 2. The first-order valence-electron chi connectivity index (χ1n) is 12.6. The Labute approximate surface area is 211 Å². The number of carbonyl (C=O) groups excluding carboxylic acids is 2. The Morgan fingerprint density at radius 2 is 1.58 bits per heavy atom. The highest BCUT2D eigenvalue weighted by atomic mass is 16.5. The third kappa shape index (κ3) is 4.58. The van der Waals surface area contributed by atoms with E-state index in [9.17, 15) is 9.59 Å². The van der Waals surface area contributed by atoms with E-state index in [-0.39, 0.29) is 11.9 Å². The fourth-order valence-electron chi connectivity index (χ4n) is 5.42. The summed E-state index contributed by atoms with van der Waals surface area (Å²) in [6, 6.07) is 17.4. The van der Waals surface area contributed by atoms with Gasteiger partial charge in [-0.2, -0.15) is 0 Å². The van der Waals surface area contributed by atoms with Crippen LogP contribution in [0.15, 0.2) is 54.6 Å². The standard InChI is InChI=1S/C28H33N5O3/c1-21-25(30-24-12-7-6-11-23(24)29-21)20-31-16-13-28(14-17-31)26(34)32(19-22-9-4-3-5-10-22)27(35)33(28)15-8-18-36-2/h3-7,9-12H,8,13-20H2,1-2H3. The quantitative estimate of drug-likeness (QED) is 0.356. The lowest BCUT2D eigenvalue weighted by Crippen LogP contribution is -2.56. The van der Waals surface area contributed by atoms with Crippen LogP contribution in [0, 0.1) is 6.92 Å². The second kappa shape index (κ2) is 10.3. The lowest BCUT2D eigenvalue weighted by molar-refractivity contribution is -0.136. The van der Waals surface area contributed by atoms with Crippen LogP contribution < -0.4 is 0 Å². The van der Waals surface area contributed by atoms with Crippen LogP contribution in [0.2, 0.25) is 0 Å². The smallest absolute Gasteiger partial charge is 0.327 e. The molecule has 1 spiro atoms. The van der Waals surface area contributed by atoms with Crippen LogP contribution in [-0.2, 0) is 22.6 Å². The molecule has 2 aromatic carbocycles. The van der Waals surface area contributed by atoms with E-state index in [2.05, 4.69) is 4.90 Å². The summed E-state index contributed by atoms with van der Waals surface area (Å²) in [5.41, 5.74) is 3.84. The van der Waals surface area contributed by atoms with Crippen LogP contribution in [-0.4, -0.2) is 75.5 Å². The zero-order valence-electron chi connectivity index (χ0n) is 21.0. The van der Waals surface area contributed by atoms with E-state index >= 15 is 0 Å². The Hall–Kier alpha value is -3.36.